The lowest BCUT2D eigenvalue weighted by molar-refractivity contribution is -0.255. The highest BCUT2D eigenvalue weighted by Crippen LogP contribution is 2.62. The summed E-state index contributed by atoms with van der Waals surface area (Å²) >= 11 is 0. The lowest BCUT2D eigenvalue weighted by Gasteiger charge is -2.60. The van der Waals surface area contributed by atoms with Crippen LogP contribution in [-0.2, 0) is 20.9 Å². The number of hydrogen-bond acceptors (Lipinski definition) is 9. The maximum atomic E-state index is 14.6. The Morgan fingerprint density at radius 3 is 2.51 bits per heavy atom. The third-order valence-corrected chi connectivity index (χ3v) is 10.8. The van der Waals surface area contributed by atoms with E-state index >= 15 is 0 Å². The van der Waals surface area contributed by atoms with E-state index in [0.717, 1.165) is 42.5 Å². The molecule has 6 atom stereocenters. The van der Waals surface area contributed by atoms with Gasteiger partial charge in [-0.05, 0) is 101 Å². The monoisotopic (exact) mass is 764 g/mol. The number of nitrogens with zero attached hydrogens (tertiary/aromatic N) is 2. The van der Waals surface area contributed by atoms with E-state index in [1.807, 2.05) is 45.9 Å². The number of allylic oxidation sites excluding steroid dienone is 1. The number of rotatable bonds is 19. The van der Waals surface area contributed by atoms with E-state index in [0.29, 0.717) is 49.3 Å². The highest BCUT2D eigenvalue weighted by atomic mass is 19.1. The van der Waals surface area contributed by atoms with Crippen LogP contribution >= 0.6 is 0 Å². The molecule has 1 saturated carbocycles. The molecule has 0 aromatic heterocycles. The van der Waals surface area contributed by atoms with Gasteiger partial charge < -0.3 is 34.0 Å². The highest BCUT2D eigenvalue weighted by molar-refractivity contribution is 6.03. The number of fused-ring (bicyclic) bond motifs is 2. The zero-order chi connectivity index (χ0) is 39.6. The molecule has 302 valence electrons. The fraction of sp³-hybridized carbons (Fsp3) is 0.591. The van der Waals surface area contributed by atoms with Crippen LogP contribution in [0.25, 0.3) is 0 Å². The Morgan fingerprint density at radius 2 is 1.84 bits per heavy atom. The lowest BCUT2D eigenvalue weighted by Crippen LogP contribution is -2.70. The molecule has 0 radical (unpaired) electrons. The molecule has 55 heavy (non-hydrogen) atoms. The molecule has 11 heteroatoms. The Balaban J connectivity index is 1.77. The molecule has 1 fully saturated rings. The molecule has 10 nitrogen and oxygen atoms in total. The van der Waals surface area contributed by atoms with Crippen molar-refractivity contribution in [3.05, 3.63) is 83.7 Å². The Hall–Kier alpha value is -3.93. The summed E-state index contributed by atoms with van der Waals surface area (Å²) in [5, 5.41) is 24.5. The van der Waals surface area contributed by atoms with Gasteiger partial charge in [0.2, 0.25) is 5.79 Å². The van der Waals surface area contributed by atoms with E-state index in [4.69, 9.17) is 28.9 Å². The summed E-state index contributed by atoms with van der Waals surface area (Å²) in [7, 11) is 0. The van der Waals surface area contributed by atoms with Crippen molar-refractivity contribution in [1.29, 1.82) is 0 Å². The average molecular weight is 765 g/mol. The first-order valence-corrected chi connectivity index (χ1v) is 20.1. The third kappa shape index (κ3) is 9.73. The second kappa shape index (κ2) is 19.3. The second-order valence-corrected chi connectivity index (χ2v) is 15.7. The van der Waals surface area contributed by atoms with Crippen molar-refractivity contribution < 1.29 is 43.2 Å². The first kappa shape index (κ1) is 42.2. The van der Waals surface area contributed by atoms with Crippen LogP contribution in [0.2, 0.25) is 0 Å². The molecule has 2 aliphatic carbocycles. The molecule has 1 amide bonds. The third-order valence-electron chi connectivity index (χ3n) is 10.8. The maximum absolute atomic E-state index is 14.6. The molecule has 5 rings (SSSR count). The number of oxime groups is 1. The summed E-state index contributed by atoms with van der Waals surface area (Å²) in [4.78, 5) is 21.8. The van der Waals surface area contributed by atoms with Crippen LogP contribution in [0.15, 0.2) is 71.9 Å². The molecule has 2 aromatic carbocycles. The van der Waals surface area contributed by atoms with Crippen molar-refractivity contribution >= 4 is 11.8 Å². The molecule has 1 aliphatic heterocycles. The number of aliphatic hydroxyl groups excluding tert-OH is 2. The Bertz CT molecular complexity index is 1660. The highest BCUT2D eigenvalue weighted by Gasteiger charge is 2.65. The topological polar surface area (TPSA) is 119 Å². The minimum atomic E-state index is -1.37. The van der Waals surface area contributed by atoms with Crippen molar-refractivity contribution in [2.75, 3.05) is 33.0 Å². The number of unbranched alkanes of at least 4 members (excludes halogenated alkanes) is 2. The zero-order valence-electron chi connectivity index (χ0n) is 33.3. The van der Waals surface area contributed by atoms with E-state index < -0.39 is 29.4 Å². The molecular formula is C44H61FN2O8. The van der Waals surface area contributed by atoms with Crippen LogP contribution in [-0.4, -0.2) is 77.3 Å². The molecule has 2 aromatic rings. The van der Waals surface area contributed by atoms with Gasteiger partial charge in [0, 0.05) is 43.2 Å². The molecule has 0 saturated heterocycles. The van der Waals surface area contributed by atoms with E-state index in [-0.39, 0.29) is 56.6 Å². The fourth-order valence-electron chi connectivity index (χ4n) is 8.53. The van der Waals surface area contributed by atoms with Crippen LogP contribution in [0.3, 0.4) is 0 Å². The van der Waals surface area contributed by atoms with Gasteiger partial charge in [0.25, 0.3) is 0 Å². The maximum Gasteiger partial charge on any atom is 0.410 e. The first-order chi connectivity index (χ1) is 26.5. The minimum Gasteiger partial charge on any atom is -0.489 e. The minimum absolute atomic E-state index is 0.0518. The van der Waals surface area contributed by atoms with E-state index in [1.165, 1.54) is 6.07 Å². The second-order valence-electron chi connectivity index (χ2n) is 15.7. The number of amides is 1. The van der Waals surface area contributed by atoms with E-state index in [2.05, 4.69) is 12.7 Å². The smallest absolute Gasteiger partial charge is 0.410 e. The first-order valence-electron chi connectivity index (χ1n) is 20.1. The standard InChI is InChI=1S/C44H61FN2O8/c1-7-22-47(42(50)51-9-3)39-28-37(46-55-43(4,5)6)34-26-30(16-12-14-23-48)33(18-13-15-24-49)40-35-27-32(52-29-31-17-10-11-19-36(31)45)20-21-38(35)54-44(39,41(34)40)53-25-8-2/h8,10-11,17,19-21,26-27,30,33,39-41,48-49H,2,7,9,12-16,18,22-25,28-29H2,1,3-6H3. The molecule has 2 N–H and O–H groups in total. The summed E-state index contributed by atoms with van der Waals surface area (Å²) < 4.78 is 40.8. The average Bonchev–Trinajstić information content (AvgIpc) is 3.16. The summed E-state index contributed by atoms with van der Waals surface area (Å²) in [5.41, 5.74) is 2.47. The number of aliphatic hydroxyl groups is 2. The van der Waals surface area contributed by atoms with Crippen molar-refractivity contribution in [2.24, 2.45) is 22.9 Å². The van der Waals surface area contributed by atoms with Crippen molar-refractivity contribution in [3.8, 4) is 11.5 Å². The van der Waals surface area contributed by atoms with Crippen LogP contribution in [0, 0.1) is 23.6 Å². The Labute approximate surface area is 326 Å². The van der Waals surface area contributed by atoms with Gasteiger partial charge in [-0.2, -0.15) is 0 Å². The molecular weight excluding hydrogens is 703 g/mol. The van der Waals surface area contributed by atoms with Gasteiger partial charge in [-0.3, -0.25) is 4.90 Å². The molecule has 1 heterocycles. The van der Waals surface area contributed by atoms with Crippen LogP contribution in [0.5, 0.6) is 11.5 Å². The summed E-state index contributed by atoms with van der Waals surface area (Å²) in [6.07, 6.45) is 9.11. The predicted molar refractivity (Wildman–Crippen MR) is 211 cm³/mol. The van der Waals surface area contributed by atoms with Crippen molar-refractivity contribution in [1.82, 2.24) is 4.90 Å². The number of hydrogen-bond donors (Lipinski definition) is 2. The Morgan fingerprint density at radius 1 is 1.09 bits per heavy atom. The molecule has 0 bridgehead atoms. The van der Waals surface area contributed by atoms with Gasteiger partial charge in [-0.25, -0.2) is 9.18 Å². The van der Waals surface area contributed by atoms with Crippen molar-refractivity contribution in [3.63, 3.8) is 0 Å². The van der Waals surface area contributed by atoms with Crippen LogP contribution < -0.4 is 9.47 Å². The van der Waals surface area contributed by atoms with Gasteiger partial charge in [0.15, 0.2) is 0 Å². The fourth-order valence-corrected chi connectivity index (χ4v) is 8.53. The van der Waals surface area contributed by atoms with Gasteiger partial charge in [0.1, 0.15) is 35.6 Å². The summed E-state index contributed by atoms with van der Waals surface area (Å²) in [6.45, 7) is 14.7. The van der Waals surface area contributed by atoms with Crippen LogP contribution in [0.1, 0.15) is 103 Å². The SMILES string of the molecule is C=CCOC12Oc3ccc(OCc4ccccc4F)cc3C3C(CCCCO)C(CCCCO)C=C(C(=NOC(C)(C)C)CC1N(CCC)C(=O)OCC)C32. The van der Waals surface area contributed by atoms with Gasteiger partial charge in [-0.1, -0.05) is 55.3 Å². The van der Waals surface area contributed by atoms with Gasteiger partial charge in [-0.15, -0.1) is 6.58 Å². The molecule has 3 aliphatic rings. The van der Waals surface area contributed by atoms with Gasteiger partial charge >= 0.3 is 6.09 Å². The predicted octanol–water partition coefficient (Wildman–Crippen LogP) is 8.71. The van der Waals surface area contributed by atoms with Gasteiger partial charge in [0.05, 0.1) is 24.8 Å². The molecule has 6 unspecified atom stereocenters. The summed E-state index contributed by atoms with van der Waals surface area (Å²) in [6, 6.07) is 11.6. The zero-order valence-corrected chi connectivity index (χ0v) is 33.3. The molecule has 0 spiro atoms. The van der Waals surface area contributed by atoms with E-state index in [1.54, 1.807) is 36.1 Å². The number of benzene rings is 2. The number of ether oxygens (including phenoxy) is 4. The largest absolute Gasteiger partial charge is 0.489 e. The Kier molecular flexibility index (Phi) is 14.8. The quantitative estimate of drug-likeness (QED) is 0.0829. The lowest BCUT2D eigenvalue weighted by atomic mass is 9.55. The summed E-state index contributed by atoms with van der Waals surface area (Å²) in [5.74, 6) is -1.05. The normalized spacial score (nSPS) is 24.9. The van der Waals surface area contributed by atoms with E-state index in [9.17, 15) is 19.4 Å². The number of halogens is 1. The number of carbonyl (C=O) groups is 1. The van der Waals surface area contributed by atoms with Crippen LogP contribution in [0.4, 0.5) is 9.18 Å². The number of carbonyl (C=O) groups excluding carboxylic acids is 1. The van der Waals surface area contributed by atoms with Crippen molar-refractivity contribution in [2.45, 2.75) is 116 Å².